The van der Waals surface area contributed by atoms with Gasteiger partial charge in [0, 0.05) is 5.56 Å². The monoisotopic (exact) mass is 306 g/mol. The minimum Gasteiger partial charge on any atom is -0.493 e. The van der Waals surface area contributed by atoms with Crippen molar-refractivity contribution in [1.82, 2.24) is 0 Å². The van der Waals surface area contributed by atoms with E-state index < -0.39 is 5.24 Å². The summed E-state index contributed by atoms with van der Waals surface area (Å²) in [6, 6.07) is 3.17. The maximum absolute atomic E-state index is 11.0. The van der Waals surface area contributed by atoms with Crippen molar-refractivity contribution in [2.24, 2.45) is 0 Å². The Labute approximate surface area is 108 Å². The highest BCUT2D eigenvalue weighted by atomic mass is 79.9. The second-order valence-corrected chi connectivity index (χ2v) is 4.31. The van der Waals surface area contributed by atoms with Crippen LogP contribution < -0.4 is 9.47 Å². The molecule has 1 aromatic rings. The Bertz CT molecular complexity index is 393. The summed E-state index contributed by atoms with van der Waals surface area (Å²) in [5, 5.41) is -0.527. The van der Waals surface area contributed by atoms with E-state index >= 15 is 0 Å². The molecule has 0 heterocycles. The molecular formula is C11H12BrClO3. The Balaban J connectivity index is 3.12. The second kappa shape index (κ2) is 6.11. The molecule has 0 atom stereocenters. The minimum atomic E-state index is -0.527. The molecule has 0 aliphatic carbocycles. The molecule has 0 aliphatic heterocycles. The third-order valence-corrected chi connectivity index (χ3v) is 2.71. The van der Waals surface area contributed by atoms with Crippen LogP contribution in [-0.4, -0.2) is 19.0 Å². The van der Waals surface area contributed by atoms with Gasteiger partial charge in [-0.2, -0.15) is 0 Å². The van der Waals surface area contributed by atoms with Crippen LogP contribution in [0.25, 0.3) is 0 Å². The van der Waals surface area contributed by atoms with Crippen LogP contribution in [0, 0.1) is 0 Å². The average molecular weight is 308 g/mol. The number of hydrogen-bond acceptors (Lipinski definition) is 3. The van der Waals surface area contributed by atoms with Crippen molar-refractivity contribution in [2.75, 3.05) is 13.7 Å². The van der Waals surface area contributed by atoms with Gasteiger partial charge in [-0.1, -0.05) is 6.92 Å². The van der Waals surface area contributed by atoms with Crippen molar-refractivity contribution in [3.05, 3.63) is 22.2 Å². The molecule has 0 unspecified atom stereocenters. The van der Waals surface area contributed by atoms with Gasteiger partial charge in [-0.25, -0.2) is 0 Å². The quantitative estimate of drug-likeness (QED) is 0.779. The van der Waals surface area contributed by atoms with Crippen LogP contribution >= 0.6 is 27.5 Å². The van der Waals surface area contributed by atoms with Crippen molar-refractivity contribution in [3.63, 3.8) is 0 Å². The molecule has 5 heteroatoms. The molecule has 0 aliphatic rings. The number of benzene rings is 1. The Morgan fingerprint density at radius 3 is 2.69 bits per heavy atom. The SMILES string of the molecule is CCCOc1c(Br)cc(C(=O)Cl)cc1OC. The van der Waals surface area contributed by atoms with E-state index in [4.69, 9.17) is 21.1 Å². The van der Waals surface area contributed by atoms with Crippen LogP contribution in [0.2, 0.25) is 0 Å². The minimum absolute atomic E-state index is 0.370. The lowest BCUT2D eigenvalue weighted by molar-refractivity contribution is 0.108. The van der Waals surface area contributed by atoms with E-state index in [1.54, 1.807) is 12.1 Å². The molecular weight excluding hydrogens is 295 g/mol. The summed E-state index contributed by atoms with van der Waals surface area (Å²) in [7, 11) is 1.52. The Hall–Kier alpha value is -0.740. The number of methoxy groups -OCH3 is 1. The fourth-order valence-corrected chi connectivity index (χ4v) is 1.84. The lowest BCUT2D eigenvalue weighted by Crippen LogP contribution is -2.00. The van der Waals surface area contributed by atoms with Crippen LogP contribution in [-0.2, 0) is 0 Å². The molecule has 0 spiro atoms. The normalized spacial score (nSPS) is 10.0. The van der Waals surface area contributed by atoms with Gasteiger partial charge in [-0.15, -0.1) is 0 Å². The lowest BCUT2D eigenvalue weighted by Gasteiger charge is -2.12. The zero-order valence-corrected chi connectivity index (χ0v) is 11.4. The molecule has 0 radical (unpaired) electrons. The summed E-state index contributed by atoms with van der Waals surface area (Å²) in [6.07, 6.45) is 0.895. The van der Waals surface area contributed by atoms with Crippen molar-refractivity contribution < 1.29 is 14.3 Å². The van der Waals surface area contributed by atoms with Crippen LogP contribution in [0.1, 0.15) is 23.7 Å². The average Bonchev–Trinajstić information content (AvgIpc) is 2.26. The van der Waals surface area contributed by atoms with Gasteiger partial charge in [0.1, 0.15) is 0 Å². The fraction of sp³-hybridized carbons (Fsp3) is 0.364. The first-order valence-corrected chi connectivity index (χ1v) is 5.97. The molecule has 0 saturated heterocycles. The lowest BCUT2D eigenvalue weighted by atomic mass is 10.2. The Kier molecular flexibility index (Phi) is 5.09. The number of ether oxygens (including phenoxy) is 2. The van der Waals surface area contributed by atoms with E-state index in [-0.39, 0.29) is 0 Å². The van der Waals surface area contributed by atoms with E-state index in [1.165, 1.54) is 7.11 Å². The predicted molar refractivity (Wildman–Crippen MR) is 66.7 cm³/mol. The van der Waals surface area contributed by atoms with E-state index in [9.17, 15) is 4.79 Å². The van der Waals surface area contributed by atoms with Crippen LogP contribution in [0.15, 0.2) is 16.6 Å². The Morgan fingerprint density at radius 1 is 1.50 bits per heavy atom. The van der Waals surface area contributed by atoms with Crippen LogP contribution in [0.4, 0.5) is 0 Å². The smallest absolute Gasteiger partial charge is 0.252 e. The Morgan fingerprint density at radius 2 is 2.19 bits per heavy atom. The largest absolute Gasteiger partial charge is 0.493 e. The van der Waals surface area contributed by atoms with Crippen molar-refractivity contribution in [2.45, 2.75) is 13.3 Å². The molecule has 88 valence electrons. The highest BCUT2D eigenvalue weighted by Crippen LogP contribution is 2.37. The number of carbonyl (C=O) groups excluding carboxylic acids is 1. The van der Waals surface area contributed by atoms with Crippen molar-refractivity contribution in [3.8, 4) is 11.5 Å². The molecule has 0 aromatic heterocycles. The standard InChI is InChI=1S/C11H12BrClO3/c1-3-4-16-10-8(12)5-7(11(13)14)6-9(10)15-2/h5-6H,3-4H2,1-2H3. The van der Waals surface area contributed by atoms with Crippen molar-refractivity contribution in [1.29, 1.82) is 0 Å². The first kappa shape index (κ1) is 13.3. The summed E-state index contributed by atoms with van der Waals surface area (Å²) < 4.78 is 11.3. The van der Waals surface area contributed by atoms with Gasteiger partial charge in [-0.05, 0) is 46.1 Å². The zero-order chi connectivity index (χ0) is 12.1. The van der Waals surface area contributed by atoms with E-state index in [2.05, 4.69) is 15.9 Å². The summed E-state index contributed by atoms with van der Waals surface area (Å²) in [5.74, 6) is 1.08. The summed E-state index contributed by atoms with van der Waals surface area (Å²) in [4.78, 5) is 11.0. The molecule has 0 fully saturated rings. The van der Waals surface area contributed by atoms with E-state index in [0.29, 0.717) is 28.1 Å². The molecule has 1 rings (SSSR count). The maximum atomic E-state index is 11.0. The topological polar surface area (TPSA) is 35.5 Å². The molecule has 3 nitrogen and oxygen atoms in total. The fourth-order valence-electron chi connectivity index (χ4n) is 1.18. The highest BCUT2D eigenvalue weighted by molar-refractivity contribution is 9.10. The molecule has 0 N–H and O–H groups in total. The first-order valence-electron chi connectivity index (χ1n) is 4.80. The summed E-state index contributed by atoms with van der Waals surface area (Å²) in [5.41, 5.74) is 0.370. The molecule has 16 heavy (non-hydrogen) atoms. The van der Waals surface area contributed by atoms with Gasteiger partial charge in [0.05, 0.1) is 18.2 Å². The molecule has 1 aromatic carbocycles. The molecule has 0 bridgehead atoms. The van der Waals surface area contributed by atoms with E-state index in [1.807, 2.05) is 6.92 Å². The van der Waals surface area contributed by atoms with E-state index in [0.717, 1.165) is 6.42 Å². The number of carbonyl (C=O) groups is 1. The molecule has 0 saturated carbocycles. The van der Waals surface area contributed by atoms with Gasteiger partial charge in [-0.3, -0.25) is 4.79 Å². The van der Waals surface area contributed by atoms with Crippen LogP contribution in [0.5, 0.6) is 11.5 Å². The number of halogens is 2. The van der Waals surface area contributed by atoms with Crippen LogP contribution in [0.3, 0.4) is 0 Å². The van der Waals surface area contributed by atoms with Gasteiger partial charge < -0.3 is 9.47 Å². The van der Waals surface area contributed by atoms with Gasteiger partial charge >= 0.3 is 0 Å². The maximum Gasteiger partial charge on any atom is 0.252 e. The summed E-state index contributed by atoms with van der Waals surface area (Å²) in [6.45, 7) is 2.60. The first-order chi connectivity index (χ1) is 7.60. The third-order valence-electron chi connectivity index (χ3n) is 1.91. The highest BCUT2D eigenvalue weighted by Gasteiger charge is 2.14. The van der Waals surface area contributed by atoms with Gasteiger partial charge in [0.2, 0.25) is 0 Å². The second-order valence-electron chi connectivity index (χ2n) is 3.11. The zero-order valence-electron chi connectivity index (χ0n) is 9.05. The van der Waals surface area contributed by atoms with Crippen molar-refractivity contribution >= 4 is 32.8 Å². The summed E-state index contributed by atoms with van der Waals surface area (Å²) >= 11 is 8.73. The number of rotatable bonds is 5. The van der Waals surface area contributed by atoms with Gasteiger partial charge in [0.25, 0.3) is 5.24 Å². The molecule has 0 amide bonds. The number of hydrogen-bond donors (Lipinski definition) is 0. The third kappa shape index (κ3) is 3.12. The predicted octanol–water partition coefficient (Wildman–Crippen LogP) is 3.63. The van der Waals surface area contributed by atoms with Gasteiger partial charge in [0.15, 0.2) is 11.5 Å².